The SMILES string of the molecule is Brc1ccc(-c2cccc(-c3ccc4c(c3)c3c5ccccc5ccc3n4-c3ccccc3)c2)cc1.c1ccc(-c2ccc(N(c3ccc(-c4cccc(-c5ccc6c(c5)c5c7ccccc7ccc5n6-c5ccccc5)c4)cc3)c3ccc4c(c3)C(c3ccccc3)(c3ccccc3)c3ccccc3-4)cc2)cc1.c1ccc(-c2ccc(Nc3ccc4c(c3)-c3ccccc3C4(c3ccccc3)c3ccccc3)cc2)cc1. The highest BCUT2D eigenvalue weighted by Crippen LogP contribution is 2.60. The van der Waals surface area contributed by atoms with E-state index < -0.39 is 5.41 Å². The van der Waals surface area contributed by atoms with Crippen molar-refractivity contribution in [2.24, 2.45) is 0 Å². The number of nitrogens with zero attached hydrogens (tertiary/aromatic N) is 3. The maximum atomic E-state index is 3.65. The van der Waals surface area contributed by atoms with Crippen LogP contribution in [0.4, 0.5) is 28.4 Å². The van der Waals surface area contributed by atoms with Gasteiger partial charge in [-0.05, 0) is 301 Å². The molecule has 0 aliphatic heterocycles. The molecule has 1 N–H and O–H groups in total. The third-order valence-corrected chi connectivity index (χ3v) is 30.6. The summed E-state index contributed by atoms with van der Waals surface area (Å²) in [5, 5.41) is 13.8. The minimum Gasteiger partial charge on any atom is -0.356 e. The van der Waals surface area contributed by atoms with E-state index in [4.69, 9.17) is 0 Å². The van der Waals surface area contributed by atoms with Crippen molar-refractivity contribution in [3.8, 4) is 100 Å². The Kier molecular flexibility index (Phi) is 22.9. The third-order valence-electron chi connectivity index (χ3n) is 30.0. The molecule has 2 aromatic heterocycles. The van der Waals surface area contributed by atoms with E-state index in [9.17, 15) is 0 Å². The van der Waals surface area contributed by atoms with Gasteiger partial charge in [-0.2, -0.15) is 0 Å². The fraction of sp³-hybridized carbons (Fsp3) is 0.0141. The van der Waals surface area contributed by atoms with E-state index in [2.05, 4.69) is 618 Å². The van der Waals surface area contributed by atoms with Crippen molar-refractivity contribution in [3.63, 3.8) is 0 Å². The summed E-state index contributed by atoms with van der Waals surface area (Å²) < 4.78 is 5.89. The summed E-state index contributed by atoms with van der Waals surface area (Å²) in [4.78, 5) is 2.42. The molecule has 4 nitrogen and oxygen atoms in total. The summed E-state index contributed by atoms with van der Waals surface area (Å²) in [6.07, 6.45) is 0. The quantitative estimate of drug-likeness (QED) is 0.0983. The van der Waals surface area contributed by atoms with E-state index in [0.29, 0.717) is 0 Å². The largest absolute Gasteiger partial charge is 0.356 e. The fourth-order valence-electron chi connectivity index (χ4n) is 23.4. The fourth-order valence-corrected chi connectivity index (χ4v) is 23.6. The summed E-state index contributed by atoms with van der Waals surface area (Å²) in [6, 6.07) is 212. The Labute approximate surface area is 864 Å². The number of hydrogen-bond donors (Lipinski definition) is 1. The molecule has 0 bridgehead atoms. The molecule has 0 saturated heterocycles. The van der Waals surface area contributed by atoms with Crippen LogP contribution in [-0.2, 0) is 10.8 Å². The van der Waals surface area contributed by atoms with Gasteiger partial charge in [0.2, 0.25) is 0 Å². The topological polar surface area (TPSA) is 25.1 Å². The summed E-state index contributed by atoms with van der Waals surface area (Å²) in [5.41, 5.74) is 41.6. The van der Waals surface area contributed by atoms with Crippen LogP contribution in [0.15, 0.2) is 587 Å². The molecule has 147 heavy (non-hydrogen) atoms. The average molecular weight is 1940 g/mol. The number of nitrogens with one attached hydrogen (secondary N) is 1. The number of para-hydroxylation sites is 2. The van der Waals surface area contributed by atoms with Crippen LogP contribution in [0.25, 0.3) is 166 Å². The zero-order chi connectivity index (χ0) is 97.7. The summed E-state index contributed by atoms with van der Waals surface area (Å²) in [7, 11) is 0. The van der Waals surface area contributed by atoms with Crippen LogP contribution in [0.1, 0.15) is 44.5 Å². The van der Waals surface area contributed by atoms with E-state index >= 15 is 0 Å². The van der Waals surface area contributed by atoms with Gasteiger partial charge in [0.15, 0.2) is 0 Å². The van der Waals surface area contributed by atoms with E-state index in [0.717, 1.165) is 44.2 Å². The second-order valence-corrected chi connectivity index (χ2v) is 39.2. The van der Waals surface area contributed by atoms with Gasteiger partial charge in [0.1, 0.15) is 0 Å². The van der Waals surface area contributed by atoms with Crippen molar-refractivity contribution in [2.75, 3.05) is 10.2 Å². The van der Waals surface area contributed by atoms with E-state index in [1.54, 1.807) is 0 Å². The van der Waals surface area contributed by atoms with Crippen molar-refractivity contribution in [3.05, 3.63) is 631 Å². The molecule has 0 spiro atoms. The molecule has 0 saturated carbocycles. The first-order valence-electron chi connectivity index (χ1n) is 50.5. The van der Waals surface area contributed by atoms with Crippen LogP contribution in [0.2, 0.25) is 0 Å². The Balaban J connectivity index is 0.000000124. The van der Waals surface area contributed by atoms with E-state index in [-0.39, 0.29) is 5.41 Å². The molecule has 692 valence electrons. The highest BCUT2D eigenvalue weighted by molar-refractivity contribution is 9.10. The first-order valence-corrected chi connectivity index (χ1v) is 51.3. The van der Waals surface area contributed by atoms with Gasteiger partial charge in [0.05, 0.1) is 32.9 Å². The number of aromatic nitrogens is 2. The first-order chi connectivity index (χ1) is 72.8. The van der Waals surface area contributed by atoms with Crippen LogP contribution in [0.3, 0.4) is 0 Å². The lowest BCUT2D eigenvalue weighted by molar-refractivity contribution is 0.768. The molecular weight excluding hydrogens is 1840 g/mol. The van der Waals surface area contributed by atoms with E-state index in [1.165, 1.54) is 199 Å². The molecule has 0 radical (unpaired) electrons. The van der Waals surface area contributed by atoms with Crippen molar-refractivity contribution in [2.45, 2.75) is 10.8 Å². The molecule has 0 unspecified atom stereocenters. The molecule has 0 fully saturated rings. The molecule has 28 rings (SSSR count). The Bertz CT molecular complexity index is 9300. The van der Waals surface area contributed by atoms with Gasteiger partial charge in [0.25, 0.3) is 0 Å². The first kappa shape index (κ1) is 88.6. The number of halogens is 1. The van der Waals surface area contributed by atoms with Crippen molar-refractivity contribution in [1.29, 1.82) is 0 Å². The molecule has 0 amide bonds. The number of hydrogen-bond acceptors (Lipinski definition) is 2. The average Bonchev–Trinajstić information content (AvgIpc) is 1.54. The van der Waals surface area contributed by atoms with Crippen LogP contribution >= 0.6 is 15.9 Å². The summed E-state index contributed by atoms with van der Waals surface area (Å²) in [5.74, 6) is 0. The Morgan fingerprint density at radius 3 is 0.939 bits per heavy atom. The molecule has 5 heteroatoms. The highest BCUT2D eigenvalue weighted by atomic mass is 79.9. The highest BCUT2D eigenvalue weighted by Gasteiger charge is 2.48. The van der Waals surface area contributed by atoms with Crippen molar-refractivity contribution in [1.82, 2.24) is 9.13 Å². The Morgan fingerprint density at radius 1 is 0.184 bits per heavy atom. The molecule has 24 aromatic carbocycles. The molecule has 2 aliphatic carbocycles. The zero-order valence-electron chi connectivity index (χ0n) is 80.6. The Morgan fingerprint density at radius 2 is 0.490 bits per heavy atom. The van der Waals surface area contributed by atoms with Crippen LogP contribution in [0, 0.1) is 0 Å². The second-order valence-electron chi connectivity index (χ2n) is 38.2. The van der Waals surface area contributed by atoms with Gasteiger partial charge in [-0.25, -0.2) is 0 Å². The third kappa shape index (κ3) is 15.9. The Hall–Kier alpha value is -18.5. The lowest BCUT2D eigenvalue weighted by atomic mass is 9.67. The second kappa shape index (κ2) is 38.1. The zero-order valence-corrected chi connectivity index (χ0v) is 82.2. The predicted octanol–water partition coefficient (Wildman–Crippen LogP) is 38.3. The lowest BCUT2D eigenvalue weighted by Gasteiger charge is -2.35. The van der Waals surface area contributed by atoms with Gasteiger partial charge < -0.3 is 19.4 Å². The lowest BCUT2D eigenvalue weighted by Crippen LogP contribution is -2.28. The van der Waals surface area contributed by atoms with Gasteiger partial charge in [0, 0.05) is 65.8 Å². The van der Waals surface area contributed by atoms with Crippen molar-refractivity contribution < 1.29 is 0 Å². The minimum atomic E-state index is -0.514. The summed E-state index contributed by atoms with van der Waals surface area (Å²) >= 11 is 3.55. The monoisotopic (exact) mass is 1940 g/mol. The molecular formula is C142H97BrN4. The molecule has 2 aliphatic rings. The molecule has 2 heterocycles. The normalized spacial score (nSPS) is 12.4. The molecule has 26 aromatic rings. The number of rotatable bonds is 17. The number of anilines is 5. The van der Waals surface area contributed by atoms with Gasteiger partial charge in [-0.15, -0.1) is 0 Å². The molecule has 0 atom stereocenters. The predicted molar refractivity (Wildman–Crippen MR) is 622 cm³/mol. The van der Waals surface area contributed by atoms with Crippen LogP contribution in [-0.4, -0.2) is 9.13 Å². The van der Waals surface area contributed by atoms with Gasteiger partial charge in [-0.1, -0.05) is 453 Å². The number of benzene rings is 24. The maximum Gasteiger partial charge on any atom is 0.0714 e. The van der Waals surface area contributed by atoms with Gasteiger partial charge in [-0.3, -0.25) is 0 Å². The van der Waals surface area contributed by atoms with E-state index in [1.807, 2.05) is 0 Å². The van der Waals surface area contributed by atoms with Crippen LogP contribution in [0.5, 0.6) is 0 Å². The standard InChI is InChI=1S/C71H48N2.C37H27N.C34H22BrN/c1-5-18-49(19-6-1)50-32-38-59(39-33-50)72(61-42-43-64-63-30-15-16-31-66(63)71(67(64)48-61,56-23-7-2-8-24-56)57-25-9-3-10-26-57)60-40-34-51(35-41-60)53-21-17-22-54(46-53)55-37-44-68-65(47-55)70-62-29-14-13-20-52(62)36-45-69(70)73(68)58-27-11-4-12-28-58;1-4-12-27(13-5-1)28-20-22-31(23-21-28)38-32-24-25-36-34(26-32)33-18-10-11-19-35(33)37(36,29-14-6-2-7-15-29)30-16-8-3-9-17-30;35-28-17-13-23(14-18-28)25-8-6-9-26(21-25)27-16-19-32-31(22-27)34-30-12-5-4-7-24(30)15-20-33(34)36(32)29-10-2-1-3-11-29/h1-48H;1-26,38H;1-22H. The van der Waals surface area contributed by atoms with Crippen LogP contribution < -0.4 is 10.2 Å². The van der Waals surface area contributed by atoms with Crippen molar-refractivity contribution >= 4 is 110 Å². The smallest absolute Gasteiger partial charge is 0.0714 e. The minimum absolute atomic E-state index is 0.357. The maximum absolute atomic E-state index is 3.65. The number of fused-ring (bicyclic) bond motifs is 16. The summed E-state index contributed by atoms with van der Waals surface area (Å²) in [6.45, 7) is 0. The van der Waals surface area contributed by atoms with Gasteiger partial charge >= 0.3 is 0 Å².